The van der Waals surface area contributed by atoms with E-state index < -0.39 is 10.0 Å². The summed E-state index contributed by atoms with van der Waals surface area (Å²) >= 11 is 0. The molecular formula is C21H22N2O5S. The number of rotatable bonds is 7. The lowest BCUT2D eigenvalue weighted by Crippen LogP contribution is -2.14. The summed E-state index contributed by atoms with van der Waals surface area (Å²) < 4.78 is 44.9. The molecule has 1 aromatic heterocycles. The molecule has 0 aliphatic carbocycles. The number of methoxy groups -OCH3 is 3. The first-order valence-electron chi connectivity index (χ1n) is 8.74. The van der Waals surface area contributed by atoms with E-state index >= 15 is 0 Å². The van der Waals surface area contributed by atoms with E-state index in [0.717, 1.165) is 11.1 Å². The molecule has 0 saturated carbocycles. The molecular weight excluding hydrogens is 392 g/mol. The van der Waals surface area contributed by atoms with E-state index in [1.807, 2.05) is 13.0 Å². The van der Waals surface area contributed by atoms with Crippen molar-refractivity contribution in [1.82, 2.24) is 4.98 Å². The van der Waals surface area contributed by atoms with Crippen LogP contribution in [0.5, 0.6) is 17.2 Å². The molecule has 0 radical (unpaired) electrons. The van der Waals surface area contributed by atoms with Gasteiger partial charge in [0.2, 0.25) is 0 Å². The number of anilines is 1. The largest absolute Gasteiger partial charge is 0.496 e. The van der Waals surface area contributed by atoms with Crippen LogP contribution >= 0.6 is 0 Å². The van der Waals surface area contributed by atoms with Crippen molar-refractivity contribution in [2.24, 2.45) is 0 Å². The summed E-state index contributed by atoms with van der Waals surface area (Å²) in [4.78, 5) is 4.32. The minimum absolute atomic E-state index is 0.132. The van der Waals surface area contributed by atoms with Crippen molar-refractivity contribution in [1.29, 1.82) is 0 Å². The zero-order chi connectivity index (χ0) is 21.0. The van der Waals surface area contributed by atoms with Crippen molar-refractivity contribution in [2.75, 3.05) is 26.1 Å². The van der Waals surface area contributed by atoms with Gasteiger partial charge in [-0.1, -0.05) is 18.2 Å². The Kier molecular flexibility index (Phi) is 5.93. The predicted molar refractivity (Wildman–Crippen MR) is 111 cm³/mol. The molecule has 1 N–H and O–H groups in total. The van der Waals surface area contributed by atoms with Gasteiger partial charge in [-0.25, -0.2) is 8.42 Å². The molecule has 0 aliphatic rings. The molecule has 0 unspecified atom stereocenters. The van der Waals surface area contributed by atoms with Gasteiger partial charge in [0.05, 0.1) is 37.5 Å². The summed E-state index contributed by atoms with van der Waals surface area (Å²) in [6, 6.07) is 11.5. The van der Waals surface area contributed by atoms with E-state index in [0.29, 0.717) is 17.1 Å². The Balaban J connectivity index is 2.21. The molecule has 3 rings (SSSR count). The number of hydrogen-bond acceptors (Lipinski definition) is 6. The van der Waals surface area contributed by atoms with Gasteiger partial charge in [0.15, 0.2) is 11.5 Å². The van der Waals surface area contributed by atoms with Crippen LogP contribution in [-0.4, -0.2) is 34.7 Å². The van der Waals surface area contributed by atoms with Crippen LogP contribution in [0.3, 0.4) is 0 Å². The van der Waals surface area contributed by atoms with Gasteiger partial charge in [0.25, 0.3) is 10.0 Å². The fraction of sp³-hybridized carbons (Fsp3) is 0.190. The number of pyridine rings is 1. The summed E-state index contributed by atoms with van der Waals surface area (Å²) in [6.07, 6.45) is 3.39. The fourth-order valence-electron chi connectivity index (χ4n) is 3.03. The summed E-state index contributed by atoms with van der Waals surface area (Å²) in [6.45, 7) is 1.94. The number of benzene rings is 2. The average molecular weight is 414 g/mol. The predicted octanol–water partition coefficient (Wildman–Crippen LogP) is 3.88. The molecule has 1 heterocycles. The van der Waals surface area contributed by atoms with Crippen LogP contribution in [0.1, 0.15) is 5.56 Å². The molecule has 152 valence electrons. The van der Waals surface area contributed by atoms with E-state index in [-0.39, 0.29) is 16.3 Å². The SMILES string of the molecule is COc1cc(NS(=O)(=O)c2ccccc2)c(OC)c(OC)c1-c1cnccc1C. The van der Waals surface area contributed by atoms with Crippen molar-refractivity contribution in [3.8, 4) is 28.4 Å². The van der Waals surface area contributed by atoms with E-state index in [1.54, 1.807) is 36.7 Å². The van der Waals surface area contributed by atoms with Crippen molar-refractivity contribution >= 4 is 15.7 Å². The monoisotopic (exact) mass is 414 g/mol. The molecule has 0 atom stereocenters. The third-order valence-electron chi connectivity index (χ3n) is 4.43. The number of hydrogen-bond donors (Lipinski definition) is 1. The van der Waals surface area contributed by atoms with Crippen LogP contribution in [-0.2, 0) is 10.0 Å². The lowest BCUT2D eigenvalue weighted by molar-refractivity contribution is 0.352. The topological polar surface area (TPSA) is 86.8 Å². The van der Waals surface area contributed by atoms with Gasteiger partial charge >= 0.3 is 0 Å². The molecule has 8 heteroatoms. The minimum atomic E-state index is -3.83. The Morgan fingerprint density at radius 3 is 2.21 bits per heavy atom. The van der Waals surface area contributed by atoms with Crippen LogP contribution in [0.15, 0.2) is 59.8 Å². The Hall–Kier alpha value is -3.26. The highest BCUT2D eigenvalue weighted by atomic mass is 32.2. The van der Waals surface area contributed by atoms with Crippen LogP contribution in [0.25, 0.3) is 11.1 Å². The van der Waals surface area contributed by atoms with Crippen molar-refractivity contribution in [3.05, 3.63) is 60.4 Å². The normalized spacial score (nSPS) is 11.0. The third-order valence-corrected chi connectivity index (χ3v) is 5.82. The first-order chi connectivity index (χ1) is 13.9. The van der Waals surface area contributed by atoms with E-state index in [1.165, 1.54) is 33.5 Å². The lowest BCUT2D eigenvalue weighted by Gasteiger charge is -2.21. The molecule has 0 fully saturated rings. The summed E-state index contributed by atoms with van der Waals surface area (Å²) in [5, 5.41) is 0. The Morgan fingerprint density at radius 1 is 0.931 bits per heavy atom. The highest BCUT2D eigenvalue weighted by Crippen LogP contribution is 2.49. The maximum atomic E-state index is 12.8. The third kappa shape index (κ3) is 3.97. The number of sulfonamides is 1. The molecule has 29 heavy (non-hydrogen) atoms. The number of ether oxygens (including phenoxy) is 3. The van der Waals surface area contributed by atoms with Crippen molar-refractivity contribution < 1.29 is 22.6 Å². The van der Waals surface area contributed by atoms with Gasteiger partial charge in [-0.2, -0.15) is 0 Å². The van der Waals surface area contributed by atoms with Crippen LogP contribution < -0.4 is 18.9 Å². The summed E-state index contributed by atoms with van der Waals surface area (Å²) in [5.74, 6) is 1.00. The van der Waals surface area contributed by atoms with E-state index in [2.05, 4.69) is 9.71 Å². The number of aromatic nitrogens is 1. The minimum Gasteiger partial charge on any atom is -0.496 e. The fourth-order valence-corrected chi connectivity index (χ4v) is 4.11. The van der Waals surface area contributed by atoms with E-state index in [4.69, 9.17) is 14.2 Å². The standard InChI is InChI=1S/C21H22N2O5S/c1-14-10-11-22-13-16(14)19-18(26-2)12-17(20(27-3)21(19)28-4)23-29(24,25)15-8-6-5-7-9-15/h5-13,23H,1-4H3. The van der Waals surface area contributed by atoms with Crippen molar-refractivity contribution in [3.63, 3.8) is 0 Å². The quantitative estimate of drug-likeness (QED) is 0.631. The maximum absolute atomic E-state index is 12.8. The van der Waals surface area contributed by atoms with Gasteiger partial charge < -0.3 is 14.2 Å². The Labute approximate surface area is 170 Å². The first-order valence-corrected chi connectivity index (χ1v) is 10.2. The molecule has 7 nitrogen and oxygen atoms in total. The zero-order valence-corrected chi connectivity index (χ0v) is 17.4. The van der Waals surface area contributed by atoms with Gasteiger partial charge in [-0.05, 0) is 30.7 Å². The van der Waals surface area contributed by atoms with Gasteiger partial charge in [-0.3, -0.25) is 9.71 Å². The molecule has 3 aromatic rings. The second-order valence-electron chi connectivity index (χ2n) is 6.18. The zero-order valence-electron chi connectivity index (χ0n) is 16.6. The number of aryl methyl sites for hydroxylation is 1. The number of nitrogens with zero attached hydrogens (tertiary/aromatic N) is 1. The molecule has 0 aliphatic heterocycles. The Morgan fingerprint density at radius 2 is 1.62 bits per heavy atom. The average Bonchev–Trinajstić information content (AvgIpc) is 2.73. The molecule has 0 saturated heterocycles. The van der Waals surface area contributed by atoms with Gasteiger partial charge in [-0.15, -0.1) is 0 Å². The Bertz CT molecular complexity index is 1120. The smallest absolute Gasteiger partial charge is 0.262 e. The molecule has 0 bridgehead atoms. The lowest BCUT2D eigenvalue weighted by atomic mass is 9.99. The highest BCUT2D eigenvalue weighted by molar-refractivity contribution is 7.92. The molecule has 0 amide bonds. The van der Waals surface area contributed by atoms with Crippen LogP contribution in [0.2, 0.25) is 0 Å². The molecule has 2 aromatic carbocycles. The van der Waals surface area contributed by atoms with Crippen LogP contribution in [0, 0.1) is 6.92 Å². The second-order valence-corrected chi connectivity index (χ2v) is 7.86. The first kappa shape index (κ1) is 20.5. The second kappa shape index (κ2) is 8.40. The summed E-state index contributed by atoms with van der Waals surface area (Å²) in [7, 11) is 0.608. The summed E-state index contributed by atoms with van der Waals surface area (Å²) in [5.41, 5.74) is 2.57. The van der Waals surface area contributed by atoms with Gasteiger partial charge in [0.1, 0.15) is 5.75 Å². The maximum Gasteiger partial charge on any atom is 0.262 e. The van der Waals surface area contributed by atoms with Crippen molar-refractivity contribution in [2.45, 2.75) is 11.8 Å². The highest BCUT2D eigenvalue weighted by Gasteiger charge is 2.26. The molecule has 0 spiro atoms. The van der Waals surface area contributed by atoms with E-state index in [9.17, 15) is 8.42 Å². The number of nitrogens with one attached hydrogen (secondary N) is 1. The van der Waals surface area contributed by atoms with Gasteiger partial charge in [0, 0.05) is 24.0 Å². The van der Waals surface area contributed by atoms with Crippen LogP contribution in [0.4, 0.5) is 5.69 Å².